The lowest BCUT2D eigenvalue weighted by molar-refractivity contribution is 0.0349. The zero-order chi connectivity index (χ0) is 13.5. The summed E-state index contributed by atoms with van der Waals surface area (Å²) in [6.07, 6.45) is 2.12. The number of halogens is 1. The Hall–Kier alpha value is -0.570. The molecule has 2 N–H and O–H groups in total. The molecule has 0 aliphatic heterocycles. The lowest BCUT2D eigenvalue weighted by Gasteiger charge is -2.23. The normalized spacial score (nSPS) is 14.8. The number of nitrogens with two attached hydrogens (primary N) is 1. The van der Waals surface area contributed by atoms with Crippen molar-refractivity contribution in [3.05, 3.63) is 34.9 Å². The molecule has 18 heavy (non-hydrogen) atoms. The van der Waals surface area contributed by atoms with E-state index in [0.717, 1.165) is 23.6 Å². The number of hydrogen-bond donors (Lipinski definition) is 1. The second-order valence-electron chi connectivity index (χ2n) is 5.21. The molecule has 2 atom stereocenters. The summed E-state index contributed by atoms with van der Waals surface area (Å²) in [5.41, 5.74) is 6.98. The van der Waals surface area contributed by atoms with Gasteiger partial charge in [-0.25, -0.2) is 0 Å². The fourth-order valence-corrected chi connectivity index (χ4v) is 2.18. The fourth-order valence-electron chi connectivity index (χ4n) is 1.93. The molecule has 0 saturated carbocycles. The summed E-state index contributed by atoms with van der Waals surface area (Å²) in [6.45, 7) is 7.13. The zero-order valence-corrected chi connectivity index (χ0v) is 12.3. The van der Waals surface area contributed by atoms with Crippen LogP contribution in [0, 0.1) is 5.92 Å². The third-order valence-corrected chi connectivity index (χ3v) is 3.26. The molecule has 0 amide bonds. The summed E-state index contributed by atoms with van der Waals surface area (Å²) in [5.74, 6) is 0.711. The van der Waals surface area contributed by atoms with Gasteiger partial charge in [0, 0.05) is 23.2 Å². The zero-order valence-electron chi connectivity index (χ0n) is 11.5. The van der Waals surface area contributed by atoms with Crippen LogP contribution in [0.5, 0.6) is 0 Å². The molecular weight excluding hydrogens is 246 g/mol. The molecule has 0 aliphatic rings. The molecule has 1 rings (SSSR count). The molecular formula is C15H24ClNO. The molecule has 0 saturated heterocycles. The summed E-state index contributed by atoms with van der Waals surface area (Å²) < 4.78 is 5.91. The Labute approximate surface area is 115 Å². The van der Waals surface area contributed by atoms with Gasteiger partial charge in [0.1, 0.15) is 0 Å². The topological polar surface area (TPSA) is 35.2 Å². The van der Waals surface area contributed by atoms with Crippen molar-refractivity contribution in [3.8, 4) is 0 Å². The van der Waals surface area contributed by atoms with Crippen molar-refractivity contribution in [2.45, 2.75) is 45.8 Å². The lowest BCUT2D eigenvalue weighted by atomic mass is 10.0. The third-order valence-electron chi connectivity index (χ3n) is 2.91. The second kappa shape index (κ2) is 7.78. The molecule has 0 aromatic heterocycles. The molecule has 2 unspecified atom stereocenters. The number of benzene rings is 1. The predicted octanol–water partition coefficient (Wildman–Crippen LogP) is 4.18. The molecule has 1 aromatic carbocycles. The van der Waals surface area contributed by atoms with E-state index in [9.17, 15) is 0 Å². The highest BCUT2D eigenvalue weighted by Gasteiger charge is 2.19. The molecule has 0 radical (unpaired) electrons. The largest absolute Gasteiger partial charge is 0.372 e. The Kier molecular flexibility index (Phi) is 6.69. The van der Waals surface area contributed by atoms with Crippen molar-refractivity contribution in [2.24, 2.45) is 11.7 Å². The van der Waals surface area contributed by atoms with Crippen molar-refractivity contribution in [2.75, 3.05) is 6.61 Å². The van der Waals surface area contributed by atoms with E-state index in [-0.39, 0.29) is 12.1 Å². The van der Waals surface area contributed by atoms with E-state index < -0.39 is 0 Å². The molecule has 102 valence electrons. The summed E-state index contributed by atoms with van der Waals surface area (Å²) in [4.78, 5) is 0. The van der Waals surface area contributed by atoms with Crippen LogP contribution in [-0.4, -0.2) is 12.6 Å². The molecule has 0 bridgehead atoms. The van der Waals surface area contributed by atoms with Crippen LogP contribution in [0.3, 0.4) is 0 Å². The van der Waals surface area contributed by atoms with E-state index in [1.807, 2.05) is 31.2 Å². The first-order valence-electron chi connectivity index (χ1n) is 6.64. The van der Waals surface area contributed by atoms with E-state index in [0.29, 0.717) is 5.92 Å². The second-order valence-corrected chi connectivity index (χ2v) is 5.62. The van der Waals surface area contributed by atoms with Crippen LogP contribution in [0.4, 0.5) is 0 Å². The van der Waals surface area contributed by atoms with E-state index in [4.69, 9.17) is 22.1 Å². The van der Waals surface area contributed by atoms with Gasteiger partial charge in [-0.3, -0.25) is 0 Å². The van der Waals surface area contributed by atoms with Gasteiger partial charge >= 0.3 is 0 Å². The first kappa shape index (κ1) is 15.5. The summed E-state index contributed by atoms with van der Waals surface area (Å²) in [5, 5.41) is 0.726. The highest BCUT2D eigenvalue weighted by molar-refractivity contribution is 6.31. The molecule has 0 spiro atoms. The van der Waals surface area contributed by atoms with Crippen LogP contribution < -0.4 is 5.73 Å². The first-order chi connectivity index (χ1) is 8.52. The van der Waals surface area contributed by atoms with Gasteiger partial charge in [-0.15, -0.1) is 0 Å². The molecule has 1 aromatic rings. The van der Waals surface area contributed by atoms with Crippen molar-refractivity contribution >= 4 is 11.6 Å². The fraction of sp³-hybridized carbons (Fsp3) is 0.600. The molecule has 0 aliphatic carbocycles. The van der Waals surface area contributed by atoms with Crippen LogP contribution >= 0.6 is 11.6 Å². The van der Waals surface area contributed by atoms with Crippen LogP contribution in [0.2, 0.25) is 5.02 Å². The minimum atomic E-state index is -0.120. The van der Waals surface area contributed by atoms with Crippen molar-refractivity contribution in [1.82, 2.24) is 0 Å². The van der Waals surface area contributed by atoms with Crippen molar-refractivity contribution < 1.29 is 4.74 Å². The Balaban J connectivity index is 2.58. The molecule has 2 nitrogen and oxygen atoms in total. The van der Waals surface area contributed by atoms with Gasteiger partial charge in [-0.2, -0.15) is 0 Å². The molecule has 3 heteroatoms. The highest BCUT2D eigenvalue weighted by atomic mass is 35.5. The van der Waals surface area contributed by atoms with E-state index >= 15 is 0 Å². The predicted molar refractivity (Wildman–Crippen MR) is 77.9 cm³/mol. The minimum absolute atomic E-state index is 0.0658. The maximum Gasteiger partial charge on any atom is 0.0987 e. The van der Waals surface area contributed by atoms with Gasteiger partial charge in [0.2, 0.25) is 0 Å². The average Bonchev–Trinajstić information content (AvgIpc) is 2.30. The maximum atomic E-state index is 6.19. The Morgan fingerprint density at radius 1 is 1.22 bits per heavy atom. The van der Waals surface area contributed by atoms with Gasteiger partial charge < -0.3 is 10.5 Å². The van der Waals surface area contributed by atoms with E-state index in [1.54, 1.807) is 0 Å². The third kappa shape index (κ3) is 4.97. The van der Waals surface area contributed by atoms with E-state index in [1.165, 1.54) is 6.42 Å². The minimum Gasteiger partial charge on any atom is -0.372 e. The Morgan fingerprint density at radius 3 is 2.44 bits per heavy atom. The van der Waals surface area contributed by atoms with Crippen LogP contribution in [0.25, 0.3) is 0 Å². The number of hydrogen-bond acceptors (Lipinski definition) is 2. The molecule has 0 heterocycles. The summed E-state index contributed by atoms with van der Waals surface area (Å²) >= 11 is 6.19. The Bertz CT molecular complexity index is 352. The monoisotopic (exact) mass is 269 g/mol. The van der Waals surface area contributed by atoms with Crippen LogP contribution in [-0.2, 0) is 4.74 Å². The Morgan fingerprint density at radius 2 is 1.89 bits per heavy atom. The number of rotatable bonds is 7. The summed E-state index contributed by atoms with van der Waals surface area (Å²) in [6, 6.07) is 7.68. The van der Waals surface area contributed by atoms with Crippen molar-refractivity contribution in [1.29, 1.82) is 0 Å². The summed E-state index contributed by atoms with van der Waals surface area (Å²) in [7, 11) is 0. The highest BCUT2D eigenvalue weighted by Crippen LogP contribution is 2.27. The molecule has 0 fully saturated rings. The van der Waals surface area contributed by atoms with Crippen LogP contribution in [0.1, 0.15) is 45.3 Å². The SMILES string of the molecule is CC(C)CCCOC(c1ccccc1Cl)C(C)N. The van der Waals surface area contributed by atoms with Crippen molar-refractivity contribution in [3.63, 3.8) is 0 Å². The van der Waals surface area contributed by atoms with Gasteiger partial charge in [-0.05, 0) is 31.7 Å². The van der Waals surface area contributed by atoms with Crippen LogP contribution in [0.15, 0.2) is 24.3 Å². The number of ether oxygens (including phenoxy) is 1. The average molecular weight is 270 g/mol. The first-order valence-corrected chi connectivity index (χ1v) is 7.01. The quantitative estimate of drug-likeness (QED) is 0.754. The van der Waals surface area contributed by atoms with Gasteiger partial charge in [0.05, 0.1) is 6.10 Å². The standard InChI is InChI=1S/C15H24ClNO/c1-11(2)7-6-10-18-15(12(3)17)13-8-4-5-9-14(13)16/h4-5,8-9,11-12,15H,6-7,10,17H2,1-3H3. The maximum absolute atomic E-state index is 6.19. The van der Waals surface area contributed by atoms with Gasteiger partial charge in [0.25, 0.3) is 0 Å². The smallest absolute Gasteiger partial charge is 0.0987 e. The van der Waals surface area contributed by atoms with Gasteiger partial charge in [0.15, 0.2) is 0 Å². The lowest BCUT2D eigenvalue weighted by Crippen LogP contribution is -2.27. The van der Waals surface area contributed by atoms with Gasteiger partial charge in [-0.1, -0.05) is 43.6 Å². The van der Waals surface area contributed by atoms with E-state index in [2.05, 4.69) is 13.8 Å².